The number of nitrogens with one attached hydrogen (secondary N) is 1. The molecule has 1 amide bonds. The summed E-state index contributed by atoms with van der Waals surface area (Å²) in [5, 5.41) is 13.9. The SMILES string of the molecule is CCCCCC1(CCCCC)O[C@@H]2[C@H]3ON(Cc4ccc(I)cc4)[C@H]4C(=O)OC(CC34C(=O)NCCO)[C@@H]2O1. The molecule has 0 aromatic heterocycles. The molecule has 1 aromatic carbocycles. The maximum atomic E-state index is 13.9. The van der Waals surface area contributed by atoms with E-state index in [1.807, 2.05) is 24.3 Å². The largest absolute Gasteiger partial charge is 0.458 e. The van der Waals surface area contributed by atoms with Gasteiger partial charge in [-0.1, -0.05) is 51.7 Å². The van der Waals surface area contributed by atoms with Gasteiger partial charge in [0.2, 0.25) is 5.91 Å². The Kier molecular flexibility index (Phi) is 9.19. The Morgan fingerprint density at radius 2 is 1.74 bits per heavy atom. The molecule has 3 heterocycles. The van der Waals surface area contributed by atoms with Crippen molar-refractivity contribution in [2.75, 3.05) is 13.2 Å². The van der Waals surface area contributed by atoms with Crippen molar-refractivity contribution in [3.05, 3.63) is 33.4 Å². The van der Waals surface area contributed by atoms with Crippen molar-refractivity contribution in [1.82, 2.24) is 10.4 Å². The van der Waals surface area contributed by atoms with Crippen LogP contribution in [0.15, 0.2) is 24.3 Å². The van der Waals surface area contributed by atoms with Crippen LogP contribution >= 0.6 is 22.6 Å². The molecule has 5 rings (SSSR count). The predicted molar refractivity (Wildman–Crippen MR) is 151 cm³/mol. The highest BCUT2D eigenvalue weighted by molar-refractivity contribution is 14.1. The fraction of sp³-hybridized carbons (Fsp3) is 0.724. The van der Waals surface area contributed by atoms with Crippen LogP contribution in [0.1, 0.15) is 77.2 Å². The van der Waals surface area contributed by atoms with Crippen LogP contribution in [0.5, 0.6) is 0 Å². The molecule has 4 aliphatic rings. The van der Waals surface area contributed by atoms with Crippen molar-refractivity contribution in [2.45, 2.75) is 114 Å². The summed E-state index contributed by atoms with van der Waals surface area (Å²) in [6.07, 6.45) is 5.72. The maximum Gasteiger partial charge on any atom is 0.327 e. The molecule has 6 atom stereocenters. The molecule has 0 spiro atoms. The number of amides is 1. The van der Waals surface area contributed by atoms with E-state index in [0.717, 1.165) is 60.5 Å². The van der Waals surface area contributed by atoms with Crippen LogP contribution in [0.2, 0.25) is 0 Å². The average molecular weight is 657 g/mol. The first-order chi connectivity index (χ1) is 18.9. The quantitative estimate of drug-likeness (QED) is 0.188. The maximum absolute atomic E-state index is 13.9. The standard InChI is InChI=1S/C29H41IN2O7/c1-3-5-7-13-28(14-8-6-4-2)37-22-21-17-29(27(35)31-15-16-33)24(26(34)36-21)32(39-25(29)23(22)38-28)18-19-9-11-20(30)12-10-19/h9-12,21-25,33H,3-8,13-18H2,1-2H3,(H,31,35)/t21?,22-,23-,24-,25+,29?/m0/s1. The van der Waals surface area contributed by atoms with Gasteiger partial charge in [0.05, 0.1) is 13.2 Å². The molecule has 216 valence electrons. The molecule has 3 aliphatic heterocycles. The van der Waals surface area contributed by atoms with E-state index >= 15 is 0 Å². The third-order valence-electron chi connectivity index (χ3n) is 8.65. The van der Waals surface area contributed by atoms with E-state index in [4.69, 9.17) is 19.0 Å². The summed E-state index contributed by atoms with van der Waals surface area (Å²) in [7, 11) is 0. The second kappa shape index (κ2) is 12.3. The number of esters is 1. The van der Waals surface area contributed by atoms with Gasteiger partial charge in [-0.2, -0.15) is 5.06 Å². The number of carbonyl (C=O) groups is 2. The van der Waals surface area contributed by atoms with E-state index in [0.29, 0.717) is 13.0 Å². The molecule has 3 saturated heterocycles. The van der Waals surface area contributed by atoms with Crippen molar-refractivity contribution < 1.29 is 33.7 Å². The number of benzene rings is 1. The van der Waals surface area contributed by atoms with Gasteiger partial charge in [0.25, 0.3) is 0 Å². The van der Waals surface area contributed by atoms with Gasteiger partial charge in [0, 0.05) is 29.4 Å². The van der Waals surface area contributed by atoms with Crippen LogP contribution in [-0.2, 0) is 35.2 Å². The number of hydrogen-bond acceptors (Lipinski definition) is 8. The summed E-state index contributed by atoms with van der Waals surface area (Å²) in [6, 6.07) is 7.07. The lowest BCUT2D eigenvalue weighted by Crippen LogP contribution is -2.69. The van der Waals surface area contributed by atoms with Gasteiger partial charge in [0.1, 0.15) is 29.8 Å². The molecule has 1 saturated carbocycles. The average Bonchev–Trinajstić information content (AvgIpc) is 3.47. The fourth-order valence-corrected chi connectivity index (χ4v) is 7.16. The Balaban J connectivity index is 1.49. The number of fused-ring (bicyclic) bond motifs is 4. The number of ether oxygens (including phenoxy) is 3. The summed E-state index contributed by atoms with van der Waals surface area (Å²) in [5.41, 5.74) is -0.241. The normalized spacial score (nSPS) is 32.6. The van der Waals surface area contributed by atoms with Crippen LogP contribution in [0, 0.1) is 8.99 Å². The minimum Gasteiger partial charge on any atom is -0.458 e. The van der Waals surface area contributed by atoms with Crippen LogP contribution in [-0.4, -0.2) is 71.4 Å². The van der Waals surface area contributed by atoms with E-state index in [-0.39, 0.29) is 19.1 Å². The Labute approximate surface area is 244 Å². The lowest BCUT2D eigenvalue weighted by Gasteiger charge is -2.48. The minimum absolute atomic E-state index is 0.0975. The molecule has 4 fully saturated rings. The second-order valence-corrected chi connectivity index (χ2v) is 12.6. The number of rotatable bonds is 13. The summed E-state index contributed by atoms with van der Waals surface area (Å²) < 4.78 is 20.7. The van der Waals surface area contributed by atoms with E-state index < -0.39 is 47.6 Å². The predicted octanol–water partition coefficient (Wildman–Crippen LogP) is 3.84. The molecule has 1 aromatic rings. The van der Waals surface area contributed by atoms with Gasteiger partial charge < -0.3 is 24.6 Å². The van der Waals surface area contributed by atoms with Gasteiger partial charge in [0.15, 0.2) is 11.8 Å². The first-order valence-corrected chi connectivity index (χ1v) is 15.6. The Morgan fingerprint density at radius 3 is 2.38 bits per heavy atom. The first kappa shape index (κ1) is 29.2. The number of halogens is 1. The van der Waals surface area contributed by atoms with E-state index in [1.54, 1.807) is 5.06 Å². The minimum atomic E-state index is -1.20. The lowest BCUT2D eigenvalue weighted by molar-refractivity contribution is -0.224. The molecule has 0 radical (unpaired) electrons. The highest BCUT2D eigenvalue weighted by atomic mass is 127. The number of carbonyl (C=O) groups excluding carboxylic acids is 2. The zero-order valence-corrected chi connectivity index (χ0v) is 25.1. The highest BCUT2D eigenvalue weighted by Gasteiger charge is 2.76. The van der Waals surface area contributed by atoms with Crippen LogP contribution in [0.25, 0.3) is 0 Å². The van der Waals surface area contributed by atoms with Gasteiger partial charge in [-0.05, 0) is 53.1 Å². The van der Waals surface area contributed by atoms with Crippen molar-refractivity contribution in [1.29, 1.82) is 0 Å². The smallest absolute Gasteiger partial charge is 0.327 e. The van der Waals surface area contributed by atoms with Crippen molar-refractivity contribution in [3.63, 3.8) is 0 Å². The lowest BCUT2D eigenvalue weighted by atomic mass is 9.62. The van der Waals surface area contributed by atoms with Crippen molar-refractivity contribution in [3.8, 4) is 0 Å². The first-order valence-electron chi connectivity index (χ1n) is 14.5. The van der Waals surface area contributed by atoms with E-state index in [1.165, 1.54) is 0 Å². The molecule has 2 bridgehead atoms. The third-order valence-corrected chi connectivity index (χ3v) is 9.37. The van der Waals surface area contributed by atoms with Crippen LogP contribution in [0.4, 0.5) is 0 Å². The summed E-state index contributed by atoms with van der Waals surface area (Å²) in [5.74, 6) is -1.57. The Morgan fingerprint density at radius 1 is 1.08 bits per heavy atom. The summed E-state index contributed by atoms with van der Waals surface area (Å²) >= 11 is 2.25. The zero-order valence-electron chi connectivity index (χ0n) is 22.9. The number of hydroxylamine groups is 2. The summed E-state index contributed by atoms with van der Waals surface area (Å²) in [6.45, 7) is 4.57. The Bertz CT molecular complexity index is 1010. The van der Waals surface area contributed by atoms with Crippen LogP contribution in [0.3, 0.4) is 0 Å². The monoisotopic (exact) mass is 656 g/mol. The molecule has 2 unspecified atom stereocenters. The molecule has 2 N–H and O–H groups in total. The molecule has 1 aliphatic carbocycles. The number of hydrogen-bond donors (Lipinski definition) is 2. The van der Waals surface area contributed by atoms with Crippen LogP contribution < -0.4 is 5.32 Å². The molecular weight excluding hydrogens is 615 g/mol. The fourth-order valence-electron chi connectivity index (χ4n) is 6.80. The van der Waals surface area contributed by atoms with E-state index in [9.17, 15) is 14.7 Å². The Hall–Kier alpha value is -1.31. The van der Waals surface area contributed by atoms with E-state index in [2.05, 4.69) is 41.8 Å². The molecule has 10 heteroatoms. The van der Waals surface area contributed by atoms with Gasteiger partial charge in [-0.3, -0.25) is 14.4 Å². The van der Waals surface area contributed by atoms with Gasteiger partial charge in [-0.25, -0.2) is 0 Å². The van der Waals surface area contributed by atoms with Gasteiger partial charge >= 0.3 is 5.97 Å². The molecule has 9 nitrogen and oxygen atoms in total. The van der Waals surface area contributed by atoms with Gasteiger partial charge in [-0.15, -0.1) is 0 Å². The number of aliphatic hydroxyl groups is 1. The summed E-state index contributed by atoms with van der Waals surface area (Å²) in [4.78, 5) is 34.0. The van der Waals surface area contributed by atoms with Crippen molar-refractivity contribution >= 4 is 34.5 Å². The topological polar surface area (TPSA) is 107 Å². The third kappa shape index (κ3) is 5.49. The zero-order chi connectivity index (χ0) is 27.6. The number of unbranched alkanes of at least 4 members (excludes halogenated alkanes) is 4. The molecular formula is C29H41IN2O7. The number of nitrogens with zero attached hydrogens (tertiary/aromatic N) is 1. The molecule has 39 heavy (non-hydrogen) atoms. The highest BCUT2D eigenvalue weighted by Crippen LogP contribution is 2.58. The number of aliphatic hydroxyl groups excluding tert-OH is 1. The second-order valence-electron chi connectivity index (χ2n) is 11.3. The van der Waals surface area contributed by atoms with Crippen molar-refractivity contribution in [2.24, 2.45) is 5.41 Å².